The quantitative estimate of drug-likeness (QED) is 0.355. The summed E-state index contributed by atoms with van der Waals surface area (Å²) in [6, 6.07) is 1.12. The van der Waals surface area contributed by atoms with Crippen LogP contribution in [0.4, 0.5) is 5.69 Å². The molecular formula is C6H2BrClN2O3. The fourth-order valence-corrected chi connectivity index (χ4v) is 1.19. The maximum atomic E-state index is 10.7. The van der Waals surface area contributed by atoms with Crippen LogP contribution in [-0.4, -0.2) is 15.1 Å². The van der Waals surface area contributed by atoms with Crippen molar-refractivity contribution in [1.29, 1.82) is 0 Å². The summed E-state index contributed by atoms with van der Waals surface area (Å²) in [5.74, 6) is 0. The van der Waals surface area contributed by atoms with Crippen LogP contribution in [0.15, 0.2) is 16.9 Å². The summed E-state index contributed by atoms with van der Waals surface area (Å²) >= 11 is 8.05. The number of carbonyl (C=O) groups excluding carboxylic acids is 1. The van der Waals surface area contributed by atoms with Gasteiger partial charge >= 0.3 is 0 Å². The lowest BCUT2D eigenvalue weighted by Crippen LogP contribution is -1.99. The number of pyridine rings is 1. The summed E-state index contributed by atoms with van der Waals surface area (Å²) in [5, 5.41) is 9.53. The molecule has 0 fully saturated rings. The van der Waals surface area contributed by atoms with Gasteiger partial charge in [0.15, 0.2) is 0 Å². The van der Waals surface area contributed by atoms with E-state index in [1.54, 1.807) is 0 Å². The summed E-state index contributed by atoms with van der Waals surface area (Å²) in [4.78, 5) is 24.1. The molecule has 0 spiro atoms. The summed E-state index contributed by atoms with van der Waals surface area (Å²) in [7, 11) is 0. The molecule has 0 N–H and O–H groups in total. The van der Waals surface area contributed by atoms with Gasteiger partial charge in [-0.1, -0.05) is 0 Å². The van der Waals surface area contributed by atoms with Crippen molar-refractivity contribution in [3.63, 3.8) is 0 Å². The van der Waals surface area contributed by atoms with Gasteiger partial charge in [-0.2, -0.15) is 0 Å². The lowest BCUT2D eigenvalue weighted by molar-refractivity contribution is -0.385. The normalized spacial score (nSPS) is 9.69. The SMILES string of the molecule is O=C(Cl)c1cnc(Br)cc1[N+](=O)[O-]. The van der Waals surface area contributed by atoms with Crippen molar-refractivity contribution < 1.29 is 9.72 Å². The van der Waals surface area contributed by atoms with Crippen LogP contribution in [-0.2, 0) is 0 Å². The Hall–Kier alpha value is -1.01. The molecule has 13 heavy (non-hydrogen) atoms. The molecule has 0 saturated heterocycles. The highest BCUT2D eigenvalue weighted by Crippen LogP contribution is 2.22. The molecule has 0 saturated carbocycles. The molecule has 1 heterocycles. The second-order valence-corrected chi connectivity index (χ2v) is 3.21. The Labute approximate surface area is 86.0 Å². The number of carbonyl (C=O) groups is 1. The average Bonchev–Trinajstić information content (AvgIpc) is 2.03. The molecule has 0 aliphatic rings. The first-order valence-electron chi connectivity index (χ1n) is 3.02. The maximum absolute atomic E-state index is 10.7. The van der Waals surface area contributed by atoms with Crippen LogP contribution in [0, 0.1) is 10.1 Å². The third-order valence-corrected chi connectivity index (χ3v) is 1.89. The molecular weight excluding hydrogens is 263 g/mol. The molecule has 0 aromatic carbocycles. The van der Waals surface area contributed by atoms with E-state index in [0.29, 0.717) is 0 Å². The van der Waals surface area contributed by atoms with Crippen molar-refractivity contribution in [2.45, 2.75) is 0 Å². The summed E-state index contributed by atoms with van der Waals surface area (Å²) < 4.78 is 0.279. The number of rotatable bonds is 2. The molecule has 5 nitrogen and oxygen atoms in total. The van der Waals surface area contributed by atoms with Crippen LogP contribution in [0.1, 0.15) is 10.4 Å². The van der Waals surface area contributed by atoms with Crippen LogP contribution < -0.4 is 0 Å². The summed E-state index contributed by atoms with van der Waals surface area (Å²) in [5.41, 5.74) is -0.572. The summed E-state index contributed by atoms with van der Waals surface area (Å²) in [6.07, 6.45) is 1.05. The fraction of sp³-hybridized carbons (Fsp3) is 0. The van der Waals surface area contributed by atoms with E-state index in [-0.39, 0.29) is 15.9 Å². The van der Waals surface area contributed by atoms with Gasteiger partial charge in [0.25, 0.3) is 10.9 Å². The Morgan fingerprint density at radius 1 is 1.69 bits per heavy atom. The second-order valence-electron chi connectivity index (χ2n) is 2.05. The van der Waals surface area contributed by atoms with Gasteiger partial charge in [0, 0.05) is 12.3 Å². The maximum Gasteiger partial charge on any atom is 0.285 e. The zero-order valence-corrected chi connectivity index (χ0v) is 8.37. The molecule has 0 aliphatic heterocycles. The molecule has 1 aromatic heterocycles. The van der Waals surface area contributed by atoms with Gasteiger partial charge in [0.05, 0.1) is 4.92 Å². The van der Waals surface area contributed by atoms with Crippen LogP contribution in [0.5, 0.6) is 0 Å². The molecule has 0 bridgehead atoms. The van der Waals surface area contributed by atoms with E-state index >= 15 is 0 Å². The first-order chi connectivity index (χ1) is 6.02. The van der Waals surface area contributed by atoms with E-state index in [1.165, 1.54) is 0 Å². The largest absolute Gasteiger partial charge is 0.285 e. The molecule has 1 aromatic rings. The van der Waals surface area contributed by atoms with Gasteiger partial charge in [0.1, 0.15) is 10.2 Å². The lowest BCUT2D eigenvalue weighted by atomic mass is 10.2. The smallest absolute Gasteiger partial charge is 0.275 e. The highest BCUT2D eigenvalue weighted by atomic mass is 79.9. The number of hydrogen-bond donors (Lipinski definition) is 0. The number of aromatic nitrogens is 1. The molecule has 7 heteroatoms. The Morgan fingerprint density at radius 2 is 2.31 bits per heavy atom. The van der Waals surface area contributed by atoms with Crippen molar-refractivity contribution in [2.75, 3.05) is 0 Å². The monoisotopic (exact) mass is 264 g/mol. The Kier molecular flexibility index (Phi) is 2.94. The van der Waals surface area contributed by atoms with Gasteiger partial charge in [-0.25, -0.2) is 4.98 Å². The van der Waals surface area contributed by atoms with Crippen molar-refractivity contribution in [2.24, 2.45) is 0 Å². The van der Waals surface area contributed by atoms with Gasteiger partial charge in [0.2, 0.25) is 0 Å². The van der Waals surface area contributed by atoms with Crippen molar-refractivity contribution >= 4 is 38.5 Å². The van der Waals surface area contributed by atoms with Crippen LogP contribution in [0.2, 0.25) is 0 Å². The Morgan fingerprint density at radius 3 is 2.77 bits per heavy atom. The van der Waals surface area contributed by atoms with E-state index < -0.39 is 10.2 Å². The molecule has 68 valence electrons. The third-order valence-electron chi connectivity index (χ3n) is 1.26. The topological polar surface area (TPSA) is 73.1 Å². The van der Waals surface area contributed by atoms with E-state index in [0.717, 1.165) is 12.3 Å². The number of nitro groups is 1. The first-order valence-corrected chi connectivity index (χ1v) is 4.19. The second kappa shape index (κ2) is 3.80. The number of halogens is 2. The molecule has 0 atom stereocenters. The van der Waals surface area contributed by atoms with Crippen molar-refractivity contribution in [3.8, 4) is 0 Å². The predicted molar refractivity (Wildman–Crippen MR) is 48.8 cm³/mol. The van der Waals surface area contributed by atoms with Gasteiger partial charge in [-0.05, 0) is 27.5 Å². The van der Waals surface area contributed by atoms with Crippen molar-refractivity contribution in [1.82, 2.24) is 4.98 Å². The van der Waals surface area contributed by atoms with Crippen LogP contribution in [0.3, 0.4) is 0 Å². The first kappa shape index (κ1) is 10.1. The van der Waals surface area contributed by atoms with E-state index in [9.17, 15) is 14.9 Å². The Bertz CT molecular complexity index is 382. The zero-order chi connectivity index (χ0) is 10.0. The standard InChI is InChI=1S/C6H2BrClN2O3/c7-5-1-4(10(12)13)3(2-9-5)6(8)11/h1-2H. The molecule has 0 unspecified atom stereocenters. The predicted octanol–water partition coefficient (Wildman–Crippen LogP) is 2.13. The lowest BCUT2D eigenvalue weighted by Gasteiger charge is -1.96. The van der Waals surface area contributed by atoms with E-state index in [2.05, 4.69) is 20.9 Å². The minimum Gasteiger partial charge on any atom is -0.275 e. The number of nitrogens with zero attached hydrogens (tertiary/aromatic N) is 2. The molecule has 0 radical (unpaired) electrons. The zero-order valence-electron chi connectivity index (χ0n) is 6.03. The molecule has 0 amide bonds. The minimum atomic E-state index is -0.897. The number of hydrogen-bond acceptors (Lipinski definition) is 4. The average molecular weight is 265 g/mol. The van der Waals surface area contributed by atoms with E-state index in [1.807, 2.05) is 0 Å². The van der Waals surface area contributed by atoms with Crippen molar-refractivity contribution in [3.05, 3.63) is 32.5 Å². The van der Waals surface area contributed by atoms with Crippen LogP contribution in [0.25, 0.3) is 0 Å². The minimum absolute atomic E-state index is 0.213. The van der Waals surface area contributed by atoms with E-state index in [4.69, 9.17) is 11.6 Å². The highest BCUT2D eigenvalue weighted by Gasteiger charge is 2.19. The van der Waals surface area contributed by atoms with Gasteiger partial charge < -0.3 is 0 Å². The Balaban J connectivity index is 3.35. The fourth-order valence-electron chi connectivity index (χ4n) is 0.723. The molecule has 1 rings (SSSR count). The third kappa shape index (κ3) is 2.22. The van der Waals surface area contributed by atoms with Gasteiger partial charge in [-0.15, -0.1) is 0 Å². The highest BCUT2D eigenvalue weighted by molar-refractivity contribution is 9.10. The van der Waals surface area contributed by atoms with Gasteiger partial charge in [-0.3, -0.25) is 14.9 Å². The summed E-state index contributed by atoms with van der Waals surface area (Å²) in [6.45, 7) is 0. The molecule has 0 aliphatic carbocycles. The van der Waals surface area contributed by atoms with Crippen LogP contribution >= 0.6 is 27.5 Å².